The normalized spacial score (nSPS) is 10.0. The molecule has 2 N–H and O–H groups in total. The predicted octanol–water partition coefficient (Wildman–Crippen LogP) is 4.82. The number of anilines is 1. The molecule has 2 aromatic carbocycles. The maximum absolute atomic E-state index is 4.45. The summed E-state index contributed by atoms with van der Waals surface area (Å²) in [7, 11) is 3.91. The van der Waals surface area contributed by atoms with Gasteiger partial charge in [0.1, 0.15) is 0 Å². The molecule has 0 fully saturated rings. The molecule has 0 bridgehead atoms. The highest BCUT2D eigenvalue weighted by Gasteiger charge is 2.09. The van der Waals surface area contributed by atoms with E-state index in [1.807, 2.05) is 67.6 Å². The molecular formula is C20H26N4S. The third-order valence-electron chi connectivity index (χ3n) is 3.42. The van der Waals surface area contributed by atoms with Gasteiger partial charge < -0.3 is 9.88 Å². The maximum Gasteiger partial charge on any atom is 0.0951 e. The van der Waals surface area contributed by atoms with E-state index in [-0.39, 0.29) is 0 Å². The standard InChI is InChI=1S/C14H20N4S.C6H6/c1-4-7-16-13-6-5-11(19-15-2)8-12(13)14-9-18(3)10-17-14;1-2-4-6-5-3-1/h5-6,8-10,15-16H,4,7H2,1-3H3;1-6H. The lowest BCUT2D eigenvalue weighted by Crippen LogP contribution is -2.02. The van der Waals surface area contributed by atoms with Crippen molar-refractivity contribution in [2.75, 3.05) is 18.9 Å². The minimum absolute atomic E-state index is 0.971. The summed E-state index contributed by atoms with van der Waals surface area (Å²) < 4.78 is 5.07. The third kappa shape index (κ3) is 6.29. The fraction of sp³-hybridized carbons (Fsp3) is 0.250. The molecule has 0 saturated heterocycles. The van der Waals surface area contributed by atoms with E-state index in [0.717, 1.165) is 29.9 Å². The average Bonchev–Trinajstić information content (AvgIpc) is 3.09. The van der Waals surface area contributed by atoms with Crippen molar-refractivity contribution >= 4 is 17.6 Å². The Labute approximate surface area is 154 Å². The number of imidazole rings is 1. The van der Waals surface area contributed by atoms with Crippen molar-refractivity contribution in [2.24, 2.45) is 7.05 Å². The van der Waals surface area contributed by atoms with Crippen LogP contribution in [0.15, 0.2) is 72.0 Å². The lowest BCUT2D eigenvalue weighted by molar-refractivity contribution is 0.913. The molecule has 0 unspecified atom stereocenters. The first-order chi connectivity index (χ1) is 12.2. The highest BCUT2D eigenvalue weighted by molar-refractivity contribution is 7.97. The van der Waals surface area contributed by atoms with Crippen LogP contribution in [0.4, 0.5) is 5.69 Å². The molecule has 3 aromatic rings. The molecule has 5 heteroatoms. The van der Waals surface area contributed by atoms with Gasteiger partial charge in [-0.3, -0.25) is 4.72 Å². The van der Waals surface area contributed by atoms with Crippen molar-refractivity contribution in [1.82, 2.24) is 14.3 Å². The first-order valence-corrected chi connectivity index (χ1v) is 9.26. The van der Waals surface area contributed by atoms with Crippen molar-refractivity contribution in [1.29, 1.82) is 0 Å². The number of nitrogens with one attached hydrogen (secondary N) is 2. The Morgan fingerprint density at radius 2 is 1.76 bits per heavy atom. The summed E-state index contributed by atoms with van der Waals surface area (Å²) in [5.74, 6) is 0. The average molecular weight is 355 g/mol. The van der Waals surface area contributed by atoms with Gasteiger partial charge in [-0.15, -0.1) is 0 Å². The van der Waals surface area contributed by atoms with Crippen LogP contribution in [-0.2, 0) is 7.05 Å². The highest BCUT2D eigenvalue weighted by atomic mass is 32.2. The lowest BCUT2D eigenvalue weighted by Gasteiger charge is -2.11. The number of nitrogens with zero attached hydrogens (tertiary/aromatic N) is 2. The molecule has 0 aliphatic carbocycles. The van der Waals surface area contributed by atoms with Crippen molar-refractivity contribution in [3.05, 3.63) is 67.1 Å². The van der Waals surface area contributed by atoms with Gasteiger partial charge >= 0.3 is 0 Å². The number of hydrogen-bond donors (Lipinski definition) is 2. The summed E-state index contributed by atoms with van der Waals surface area (Å²) in [6.07, 6.45) is 4.98. The van der Waals surface area contributed by atoms with Gasteiger partial charge in [-0.2, -0.15) is 0 Å². The van der Waals surface area contributed by atoms with Gasteiger partial charge in [0.05, 0.1) is 12.0 Å². The maximum atomic E-state index is 4.45. The zero-order valence-electron chi connectivity index (χ0n) is 15.1. The fourth-order valence-corrected chi connectivity index (χ4v) is 2.82. The van der Waals surface area contributed by atoms with Gasteiger partial charge in [-0.25, -0.2) is 4.98 Å². The van der Waals surface area contributed by atoms with Crippen molar-refractivity contribution in [3.8, 4) is 11.3 Å². The minimum Gasteiger partial charge on any atom is -0.385 e. The summed E-state index contributed by atoms with van der Waals surface area (Å²) in [6.45, 7) is 3.14. The quantitative estimate of drug-likeness (QED) is 0.623. The van der Waals surface area contributed by atoms with Gasteiger partial charge in [0, 0.05) is 35.9 Å². The lowest BCUT2D eigenvalue weighted by atomic mass is 10.1. The van der Waals surface area contributed by atoms with E-state index >= 15 is 0 Å². The van der Waals surface area contributed by atoms with Crippen LogP contribution in [0.5, 0.6) is 0 Å². The van der Waals surface area contributed by atoms with E-state index in [1.54, 1.807) is 11.9 Å². The molecule has 0 aliphatic rings. The molecule has 0 amide bonds. The van der Waals surface area contributed by atoms with E-state index in [9.17, 15) is 0 Å². The Hall–Kier alpha value is -2.24. The van der Waals surface area contributed by atoms with E-state index in [1.165, 1.54) is 4.90 Å². The molecule has 0 spiro atoms. The van der Waals surface area contributed by atoms with Gasteiger partial charge in [0.15, 0.2) is 0 Å². The number of benzene rings is 2. The van der Waals surface area contributed by atoms with Crippen molar-refractivity contribution in [3.63, 3.8) is 0 Å². The second-order valence-electron chi connectivity index (χ2n) is 5.52. The molecule has 1 aromatic heterocycles. The summed E-state index contributed by atoms with van der Waals surface area (Å²) in [6, 6.07) is 18.4. The van der Waals surface area contributed by atoms with E-state index in [4.69, 9.17) is 0 Å². The SMILES string of the molecule is CCCNc1ccc(SNC)cc1-c1cn(C)cn1.c1ccccc1. The molecule has 0 atom stereocenters. The Bertz CT molecular complexity index is 714. The van der Waals surface area contributed by atoms with Gasteiger partial charge in [0.2, 0.25) is 0 Å². The zero-order valence-corrected chi connectivity index (χ0v) is 15.9. The molecule has 3 rings (SSSR count). The second-order valence-corrected chi connectivity index (χ2v) is 6.60. The Morgan fingerprint density at radius 1 is 1.08 bits per heavy atom. The van der Waals surface area contributed by atoms with Gasteiger partial charge in [-0.05, 0) is 43.6 Å². The Morgan fingerprint density at radius 3 is 2.28 bits per heavy atom. The van der Waals surface area contributed by atoms with Crippen LogP contribution in [0.25, 0.3) is 11.3 Å². The first-order valence-electron chi connectivity index (χ1n) is 8.44. The molecule has 25 heavy (non-hydrogen) atoms. The van der Waals surface area contributed by atoms with Crippen molar-refractivity contribution < 1.29 is 0 Å². The van der Waals surface area contributed by atoms with Crippen LogP contribution in [0.1, 0.15) is 13.3 Å². The molecule has 4 nitrogen and oxygen atoms in total. The molecule has 0 saturated carbocycles. The molecule has 132 valence electrons. The fourth-order valence-electron chi connectivity index (χ4n) is 2.27. The smallest absolute Gasteiger partial charge is 0.0951 e. The Kier molecular flexibility index (Phi) is 8.09. The Balaban J connectivity index is 0.000000316. The highest BCUT2D eigenvalue weighted by Crippen LogP contribution is 2.30. The summed E-state index contributed by atoms with van der Waals surface area (Å²) in [5, 5.41) is 3.46. The third-order valence-corrected chi connectivity index (χ3v) is 4.12. The number of hydrogen-bond acceptors (Lipinski definition) is 4. The van der Waals surface area contributed by atoms with Crippen molar-refractivity contribution in [2.45, 2.75) is 18.2 Å². The van der Waals surface area contributed by atoms with E-state index in [2.05, 4.69) is 40.1 Å². The number of rotatable bonds is 6. The van der Waals surface area contributed by atoms with Crippen LogP contribution >= 0.6 is 11.9 Å². The largest absolute Gasteiger partial charge is 0.385 e. The van der Waals surface area contributed by atoms with Crippen LogP contribution in [0.3, 0.4) is 0 Å². The first kappa shape index (κ1) is 19.1. The minimum atomic E-state index is 0.971. The van der Waals surface area contributed by atoms with Crippen LogP contribution < -0.4 is 10.0 Å². The topological polar surface area (TPSA) is 41.9 Å². The molecular weight excluding hydrogens is 328 g/mol. The number of aryl methyl sites for hydroxylation is 1. The van der Waals surface area contributed by atoms with Crippen LogP contribution in [0.2, 0.25) is 0 Å². The molecule has 0 radical (unpaired) electrons. The van der Waals surface area contributed by atoms with E-state index < -0.39 is 0 Å². The second kappa shape index (κ2) is 10.6. The monoisotopic (exact) mass is 354 g/mol. The van der Waals surface area contributed by atoms with Gasteiger partial charge in [-0.1, -0.05) is 43.3 Å². The van der Waals surface area contributed by atoms with Gasteiger partial charge in [0.25, 0.3) is 0 Å². The summed E-state index contributed by atoms with van der Waals surface area (Å²) >= 11 is 1.61. The molecule has 0 aliphatic heterocycles. The number of aromatic nitrogens is 2. The zero-order chi connectivity index (χ0) is 17.9. The van der Waals surface area contributed by atoms with E-state index in [0.29, 0.717) is 0 Å². The molecule has 1 heterocycles. The summed E-state index contributed by atoms with van der Waals surface area (Å²) in [5.41, 5.74) is 3.29. The van der Waals surface area contributed by atoms with Crippen LogP contribution in [0, 0.1) is 0 Å². The summed E-state index contributed by atoms with van der Waals surface area (Å²) in [4.78, 5) is 5.63. The van der Waals surface area contributed by atoms with Crippen LogP contribution in [-0.4, -0.2) is 23.1 Å². The predicted molar refractivity (Wildman–Crippen MR) is 109 cm³/mol.